The van der Waals surface area contributed by atoms with Crippen molar-refractivity contribution >= 4 is 11.8 Å². The molecule has 0 aliphatic carbocycles. The van der Waals surface area contributed by atoms with Gasteiger partial charge in [0.2, 0.25) is 0 Å². The van der Waals surface area contributed by atoms with Crippen LogP contribution in [0.1, 0.15) is 107 Å². The van der Waals surface area contributed by atoms with Crippen molar-refractivity contribution in [2.45, 2.75) is 204 Å². The van der Waals surface area contributed by atoms with E-state index < -0.39 is 120 Å². The van der Waals surface area contributed by atoms with Gasteiger partial charge in [0.05, 0.1) is 59.8 Å². The fourth-order valence-electron chi connectivity index (χ4n) is 9.67. The summed E-state index contributed by atoms with van der Waals surface area (Å²) < 4.78 is 37.1. The molecule has 0 aromatic carbocycles. The van der Waals surface area contributed by atoms with Crippen molar-refractivity contribution in [1.82, 2.24) is 9.80 Å². The monoisotopic (exact) mass is 863 g/mol. The van der Waals surface area contributed by atoms with Crippen molar-refractivity contribution in [3.8, 4) is 0 Å². The van der Waals surface area contributed by atoms with Gasteiger partial charge in [-0.15, -0.1) is 0 Å². The van der Waals surface area contributed by atoms with Gasteiger partial charge in [0.25, 0.3) is 0 Å². The van der Waals surface area contributed by atoms with Crippen LogP contribution in [0.15, 0.2) is 0 Å². The van der Waals surface area contributed by atoms with Crippen molar-refractivity contribution in [3.05, 3.63) is 0 Å². The number of β-amino-alcohol motifs (C(OH)–C–C–N with tert-alkyl or cyclic N) is 1. The summed E-state index contributed by atoms with van der Waals surface area (Å²) in [6, 6.07) is -0.530. The highest BCUT2D eigenvalue weighted by atomic mass is 16.7. The number of likely N-dealkylation sites (N-methyl/N-ethyl adjacent to an activating group) is 1. The Morgan fingerprint density at radius 2 is 1.53 bits per heavy atom. The van der Waals surface area contributed by atoms with Crippen LogP contribution in [0.3, 0.4) is 0 Å². The lowest BCUT2D eigenvalue weighted by atomic mass is 9.76. The zero-order valence-electron chi connectivity index (χ0n) is 37.8. The van der Waals surface area contributed by atoms with Gasteiger partial charge in [-0.3, -0.25) is 14.5 Å². The molecule has 17 heteroatoms. The second-order valence-corrected chi connectivity index (χ2v) is 19.2. The van der Waals surface area contributed by atoms with E-state index >= 15 is 0 Å². The molecule has 4 saturated heterocycles. The van der Waals surface area contributed by atoms with E-state index in [0.717, 1.165) is 0 Å². The van der Waals surface area contributed by atoms with Crippen LogP contribution in [0, 0.1) is 17.8 Å². The first-order chi connectivity index (χ1) is 27.8. The van der Waals surface area contributed by atoms with Crippen LogP contribution in [-0.4, -0.2) is 194 Å². The molecule has 4 rings (SSSR count). The number of carbonyl (C=O) groups excluding carboxylic acids is 2. The van der Waals surface area contributed by atoms with Crippen molar-refractivity contribution in [2.75, 3.05) is 40.3 Å². The van der Waals surface area contributed by atoms with E-state index in [1.54, 1.807) is 41.7 Å². The molecule has 4 fully saturated rings. The van der Waals surface area contributed by atoms with Crippen LogP contribution in [-0.2, 0) is 38.0 Å². The smallest absolute Gasteiger partial charge is 0.311 e. The maximum absolute atomic E-state index is 14.1. The molecule has 0 spiro atoms. The highest BCUT2D eigenvalue weighted by Crippen LogP contribution is 2.39. The molecule has 4 aliphatic heterocycles. The fraction of sp³-hybridized carbons (Fsp3) is 0.953. The number of esters is 1. The Morgan fingerprint density at radius 3 is 2.13 bits per heavy atom. The molecule has 0 radical (unpaired) electrons. The van der Waals surface area contributed by atoms with Crippen LogP contribution in [0.5, 0.6) is 0 Å². The number of aliphatic hydroxyl groups is 7. The summed E-state index contributed by atoms with van der Waals surface area (Å²) in [5.41, 5.74) is -4.94. The number of carbonyl (C=O) groups is 2. The molecule has 4 heterocycles. The molecule has 18 atom stereocenters. The molecule has 17 nitrogen and oxygen atoms in total. The Bertz CT molecular complexity index is 1380. The molecular weight excluding hydrogens is 784 g/mol. The van der Waals surface area contributed by atoms with E-state index in [0.29, 0.717) is 38.9 Å². The third-order valence-electron chi connectivity index (χ3n) is 13.9. The lowest BCUT2D eigenvalue weighted by Crippen LogP contribution is -2.60. The lowest BCUT2D eigenvalue weighted by molar-refractivity contribution is -0.308. The van der Waals surface area contributed by atoms with Crippen molar-refractivity contribution in [1.29, 1.82) is 0 Å². The second-order valence-electron chi connectivity index (χ2n) is 19.2. The molecule has 0 aromatic rings. The number of cyclic esters (lactones) is 1. The zero-order valence-corrected chi connectivity index (χ0v) is 37.8. The van der Waals surface area contributed by atoms with Gasteiger partial charge in [-0.05, 0) is 80.7 Å². The minimum absolute atomic E-state index is 0.0681. The van der Waals surface area contributed by atoms with Gasteiger partial charge in [-0.1, -0.05) is 20.8 Å². The zero-order chi connectivity index (χ0) is 45.1. The Kier molecular flexibility index (Phi) is 18.0. The predicted octanol–water partition coefficient (Wildman–Crippen LogP) is 0.727. The normalized spacial score (nSPS) is 45.6. The number of ether oxygens (including phenoxy) is 6. The summed E-state index contributed by atoms with van der Waals surface area (Å²) in [6.07, 6.45) is -10.5. The number of Topliss-reactive ketones (excluding diaryl/α,β-unsaturated/α-hetero) is 1. The van der Waals surface area contributed by atoms with Gasteiger partial charge in [0, 0.05) is 64.0 Å². The summed E-state index contributed by atoms with van der Waals surface area (Å²) >= 11 is 0. The largest absolute Gasteiger partial charge is 0.459 e. The molecule has 0 amide bonds. The highest BCUT2D eigenvalue weighted by molar-refractivity contribution is 5.83. The fourth-order valence-corrected chi connectivity index (χ4v) is 9.67. The van der Waals surface area contributed by atoms with Crippen LogP contribution < -0.4 is 0 Å². The quantitative estimate of drug-likeness (QED) is 0.142. The first kappa shape index (κ1) is 51.2. The second kappa shape index (κ2) is 21.0. The number of rotatable bonds is 11. The summed E-state index contributed by atoms with van der Waals surface area (Å²) in [6.45, 7) is 16.4. The number of likely N-dealkylation sites (tertiary alicyclic amines) is 1. The lowest BCUT2D eigenvalue weighted by Gasteiger charge is -2.47. The first-order valence-corrected chi connectivity index (χ1v) is 22.0. The van der Waals surface area contributed by atoms with Gasteiger partial charge in [-0.25, -0.2) is 0 Å². The number of ketones is 1. The Morgan fingerprint density at radius 1 is 0.900 bits per heavy atom. The van der Waals surface area contributed by atoms with E-state index in [2.05, 4.69) is 4.90 Å². The van der Waals surface area contributed by atoms with E-state index in [1.807, 2.05) is 11.8 Å². The minimum atomic E-state index is -2.02. The molecule has 4 aliphatic rings. The third-order valence-corrected chi connectivity index (χ3v) is 13.9. The van der Waals surface area contributed by atoms with Crippen LogP contribution in [0.2, 0.25) is 0 Å². The van der Waals surface area contributed by atoms with E-state index in [1.165, 1.54) is 27.9 Å². The number of piperidine rings is 1. The number of aliphatic hydroxyl groups excluding tert-OH is 5. The molecule has 0 bridgehead atoms. The minimum Gasteiger partial charge on any atom is -0.459 e. The highest BCUT2D eigenvalue weighted by Gasteiger charge is 2.52. The summed E-state index contributed by atoms with van der Waals surface area (Å²) in [7, 11) is 3.28. The summed E-state index contributed by atoms with van der Waals surface area (Å²) in [4.78, 5) is 32.0. The average Bonchev–Trinajstić information content (AvgIpc) is 3.18. The van der Waals surface area contributed by atoms with Crippen molar-refractivity contribution < 1.29 is 73.8 Å². The molecule has 0 aromatic heterocycles. The molecule has 0 saturated carbocycles. The Balaban J connectivity index is 1.69. The van der Waals surface area contributed by atoms with Gasteiger partial charge >= 0.3 is 5.97 Å². The predicted molar refractivity (Wildman–Crippen MR) is 218 cm³/mol. The summed E-state index contributed by atoms with van der Waals surface area (Å²) in [5.74, 6) is -4.29. The van der Waals surface area contributed by atoms with Gasteiger partial charge < -0.3 is 69.1 Å². The van der Waals surface area contributed by atoms with Gasteiger partial charge in [-0.2, -0.15) is 0 Å². The topological polar surface area (TPSA) is 238 Å². The molecule has 350 valence electrons. The van der Waals surface area contributed by atoms with Crippen molar-refractivity contribution in [2.24, 2.45) is 17.8 Å². The molecular formula is C43H78N2O15. The van der Waals surface area contributed by atoms with Crippen LogP contribution in [0.4, 0.5) is 0 Å². The average molecular weight is 863 g/mol. The molecule has 3 unspecified atom stereocenters. The van der Waals surface area contributed by atoms with E-state index in [4.69, 9.17) is 28.4 Å². The maximum Gasteiger partial charge on any atom is 0.311 e. The molecule has 7 N–H and O–H groups in total. The van der Waals surface area contributed by atoms with Crippen LogP contribution >= 0.6 is 0 Å². The Hall–Kier alpha value is -1.42. The SMILES string of the molecule is CC[C@H]1OC(=O)[C@H](C)[C@@H](OC2C[C@@](C)(OC)[C@@H](O)[C@H](C)O2)C[C@@H](OC2O[C@H](C)C[C@H](N(C)CC(O)CN3CCC(O)CC3)[C@H]2O)[C@](C)(O)C[C@@H](C)C(=O)[C@H](C)[C@@H](O)[C@]1(C)O. The maximum atomic E-state index is 14.1. The third kappa shape index (κ3) is 12.2. The van der Waals surface area contributed by atoms with Crippen LogP contribution in [0.25, 0.3) is 0 Å². The first-order valence-electron chi connectivity index (χ1n) is 22.0. The number of methoxy groups -OCH3 is 1. The molecule has 60 heavy (non-hydrogen) atoms. The number of hydrogen-bond acceptors (Lipinski definition) is 17. The number of hydrogen-bond donors (Lipinski definition) is 7. The summed E-state index contributed by atoms with van der Waals surface area (Å²) in [5, 5.41) is 79.3. The van der Waals surface area contributed by atoms with E-state index in [-0.39, 0.29) is 38.3 Å². The number of nitrogens with zero attached hydrogens (tertiary/aromatic N) is 2. The van der Waals surface area contributed by atoms with Gasteiger partial charge in [0.1, 0.15) is 29.7 Å². The standard InChI is InChI=1S/C43H78N2O15/c1-12-32-43(9,54)37(50)26(5)35(48)23(2)19-41(7,53)33(18-31(25(4)39(52)59-32)58-34-20-42(8,55-11)38(51)27(6)57-34)60-40-36(49)30(17-24(3)56-40)44(10)21-29(47)22-45-15-13-28(46)14-16-45/h23-34,36-38,40,46-47,49-51,53-54H,12-22H2,1-11H3/t23-,24-,25-,26+,27+,29?,30+,31+,32-,33-,34?,36-,37-,38+,40?,41-,42-,43-/m1/s1. The van der Waals surface area contributed by atoms with Gasteiger partial charge in [0.15, 0.2) is 12.6 Å². The van der Waals surface area contributed by atoms with Crippen molar-refractivity contribution in [3.63, 3.8) is 0 Å². The van der Waals surface area contributed by atoms with E-state index in [9.17, 15) is 45.3 Å². The Labute approximate surface area is 356 Å².